The number of amides is 1. The van der Waals surface area contributed by atoms with E-state index in [1.165, 1.54) is 18.5 Å². The van der Waals surface area contributed by atoms with Crippen LogP contribution < -0.4 is 20.9 Å². The summed E-state index contributed by atoms with van der Waals surface area (Å²) in [5, 5.41) is 9.95. The Morgan fingerprint density at radius 2 is 1.86 bits per heavy atom. The smallest absolute Gasteiger partial charge is 0.222 e. The molecular formula is C21H34IN5O. The molecule has 1 unspecified atom stereocenters. The first-order valence-corrected chi connectivity index (χ1v) is 10.4. The lowest BCUT2D eigenvalue weighted by molar-refractivity contribution is -0.121. The van der Waals surface area contributed by atoms with Gasteiger partial charge in [-0.1, -0.05) is 31.0 Å². The highest BCUT2D eigenvalue weighted by molar-refractivity contribution is 14.0. The SMILES string of the molecule is CCNC(=NCCC(=O)NC1CCCC1)NC1CCN(c2ccccc2)C1.I. The van der Waals surface area contributed by atoms with Crippen LogP contribution in [0, 0.1) is 0 Å². The van der Waals surface area contributed by atoms with Gasteiger partial charge < -0.3 is 20.9 Å². The second kappa shape index (κ2) is 12.1. The fourth-order valence-corrected chi connectivity index (χ4v) is 3.90. The Hall–Kier alpha value is -1.51. The summed E-state index contributed by atoms with van der Waals surface area (Å²) in [7, 11) is 0. The van der Waals surface area contributed by atoms with Gasteiger partial charge in [0, 0.05) is 43.8 Å². The first-order valence-electron chi connectivity index (χ1n) is 10.4. The molecule has 1 aromatic rings. The van der Waals surface area contributed by atoms with Crippen molar-refractivity contribution < 1.29 is 4.79 Å². The first-order chi connectivity index (χ1) is 13.2. The molecule has 1 saturated carbocycles. The van der Waals surface area contributed by atoms with Crippen molar-refractivity contribution in [2.45, 2.75) is 57.5 Å². The standard InChI is InChI=1S/C21H33N5O.HI/c1-2-22-21(23-14-12-20(27)24-17-8-6-7-9-17)25-18-13-15-26(16-18)19-10-4-3-5-11-19;/h3-5,10-11,17-18H,2,6-9,12-16H2,1H3,(H,24,27)(H2,22,23,25);1H. The van der Waals surface area contributed by atoms with Crippen LogP contribution in [0.2, 0.25) is 0 Å². The highest BCUT2D eigenvalue weighted by atomic mass is 127. The van der Waals surface area contributed by atoms with Gasteiger partial charge in [-0.05, 0) is 38.3 Å². The Kier molecular flexibility index (Phi) is 9.87. The van der Waals surface area contributed by atoms with Crippen LogP contribution in [0.5, 0.6) is 0 Å². The lowest BCUT2D eigenvalue weighted by Gasteiger charge is -2.20. The van der Waals surface area contributed by atoms with E-state index in [1.807, 2.05) is 6.07 Å². The van der Waals surface area contributed by atoms with Gasteiger partial charge >= 0.3 is 0 Å². The van der Waals surface area contributed by atoms with E-state index in [-0.39, 0.29) is 29.9 Å². The van der Waals surface area contributed by atoms with Crippen LogP contribution in [0.15, 0.2) is 35.3 Å². The van der Waals surface area contributed by atoms with Gasteiger partial charge in [0.2, 0.25) is 5.91 Å². The number of halogens is 1. The lowest BCUT2D eigenvalue weighted by Crippen LogP contribution is -2.44. The fraction of sp³-hybridized carbons (Fsp3) is 0.619. The maximum atomic E-state index is 12.1. The number of aliphatic imine (C=N–C) groups is 1. The normalized spacial score (nSPS) is 20.0. The van der Waals surface area contributed by atoms with Crippen LogP contribution in [0.3, 0.4) is 0 Å². The number of rotatable bonds is 7. The van der Waals surface area contributed by atoms with Crippen LogP contribution in [0.1, 0.15) is 45.4 Å². The molecule has 28 heavy (non-hydrogen) atoms. The van der Waals surface area contributed by atoms with Crippen LogP contribution in [-0.4, -0.2) is 50.1 Å². The van der Waals surface area contributed by atoms with Crippen molar-refractivity contribution in [3.8, 4) is 0 Å². The molecule has 3 rings (SSSR count). The number of hydrogen-bond acceptors (Lipinski definition) is 3. The topological polar surface area (TPSA) is 68.8 Å². The summed E-state index contributed by atoms with van der Waals surface area (Å²) >= 11 is 0. The van der Waals surface area contributed by atoms with E-state index in [9.17, 15) is 4.79 Å². The Bertz CT molecular complexity index is 618. The van der Waals surface area contributed by atoms with E-state index in [4.69, 9.17) is 0 Å². The maximum absolute atomic E-state index is 12.1. The molecular weight excluding hydrogens is 465 g/mol. The summed E-state index contributed by atoms with van der Waals surface area (Å²) in [4.78, 5) is 19.1. The fourth-order valence-electron chi connectivity index (χ4n) is 3.90. The third-order valence-corrected chi connectivity index (χ3v) is 5.32. The highest BCUT2D eigenvalue weighted by Gasteiger charge is 2.23. The molecule has 1 aliphatic heterocycles. The molecule has 1 aromatic carbocycles. The van der Waals surface area contributed by atoms with Gasteiger partial charge in [0.25, 0.3) is 0 Å². The Morgan fingerprint density at radius 3 is 2.57 bits per heavy atom. The zero-order chi connectivity index (χ0) is 18.9. The molecule has 156 valence electrons. The maximum Gasteiger partial charge on any atom is 0.222 e. The Morgan fingerprint density at radius 1 is 1.11 bits per heavy atom. The average Bonchev–Trinajstić information content (AvgIpc) is 3.35. The molecule has 1 aliphatic carbocycles. The minimum atomic E-state index is 0. The van der Waals surface area contributed by atoms with E-state index in [1.54, 1.807) is 0 Å². The predicted octanol–water partition coefficient (Wildman–Crippen LogP) is 2.89. The summed E-state index contributed by atoms with van der Waals surface area (Å²) in [5.74, 6) is 0.934. The number of nitrogens with one attached hydrogen (secondary N) is 3. The van der Waals surface area contributed by atoms with Gasteiger partial charge in [-0.3, -0.25) is 9.79 Å². The molecule has 2 fully saturated rings. The first kappa shape index (κ1) is 22.8. The number of nitrogens with zero attached hydrogens (tertiary/aromatic N) is 2. The van der Waals surface area contributed by atoms with Crippen LogP contribution in [-0.2, 0) is 4.79 Å². The monoisotopic (exact) mass is 499 g/mol. The van der Waals surface area contributed by atoms with E-state index < -0.39 is 0 Å². The van der Waals surface area contributed by atoms with Crippen LogP contribution in [0.25, 0.3) is 0 Å². The van der Waals surface area contributed by atoms with Crippen molar-refractivity contribution in [1.29, 1.82) is 0 Å². The summed E-state index contributed by atoms with van der Waals surface area (Å²) in [5.41, 5.74) is 1.27. The molecule has 0 spiro atoms. The van der Waals surface area contributed by atoms with Gasteiger partial charge in [0.1, 0.15) is 0 Å². The minimum absolute atomic E-state index is 0. The minimum Gasteiger partial charge on any atom is -0.369 e. The van der Waals surface area contributed by atoms with Gasteiger partial charge in [-0.15, -0.1) is 24.0 Å². The van der Waals surface area contributed by atoms with Crippen molar-refractivity contribution in [2.24, 2.45) is 4.99 Å². The highest BCUT2D eigenvalue weighted by Crippen LogP contribution is 2.19. The van der Waals surface area contributed by atoms with Crippen molar-refractivity contribution in [3.05, 3.63) is 30.3 Å². The summed E-state index contributed by atoms with van der Waals surface area (Å²) < 4.78 is 0. The van der Waals surface area contributed by atoms with E-state index in [2.05, 4.69) is 57.0 Å². The van der Waals surface area contributed by atoms with Crippen molar-refractivity contribution >= 4 is 41.5 Å². The Labute approximate surface area is 186 Å². The number of guanidine groups is 1. The van der Waals surface area contributed by atoms with Crippen molar-refractivity contribution in [3.63, 3.8) is 0 Å². The summed E-state index contributed by atoms with van der Waals surface area (Å²) in [6, 6.07) is 11.3. The van der Waals surface area contributed by atoms with Gasteiger partial charge in [0.15, 0.2) is 5.96 Å². The number of para-hydroxylation sites is 1. The molecule has 6 nitrogen and oxygen atoms in total. The van der Waals surface area contributed by atoms with Gasteiger partial charge in [-0.2, -0.15) is 0 Å². The predicted molar refractivity (Wildman–Crippen MR) is 127 cm³/mol. The molecule has 0 radical (unpaired) electrons. The molecule has 0 aromatic heterocycles. The van der Waals surface area contributed by atoms with Crippen LogP contribution in [0.4, 0.5) is 5.69 Å². The lowest BCUT2D eigenvalue weighted by atomic mass is 10.2. The van der Waals surface area contributed by atoms with E-state index in [0.29, 0.717) is 25.0 Å². The number of carbonyl (C=O) groups is 1. The molecule has 0 bridgehead atoms. The van der Waals surface area contributed by atoms with Crippen LogP contribution >= 0.6 is 24.0 Å². The van der Waals surface area contributed by atoms with E-state index in [0.717, 1.165) is 44.9 Å². The third kappa shape index (κ3) is 7.14. The largest absolute Gasteiger partial charge is 0.369 e. The third-order valence-electron chi connectivity index (χ3n) is 5.32. The second-order valence-corrected chi connectivity index (χ2v) is 7.47. The molecule has 3 N–H and O–H groups in total. The molecule has 7 heteroatoms. The number of anilines is 1. The van der Waals surface area contributed by atoms with Crippen molar-refractivity contribution in [1.82, 2.24) is 16.0 Å². The average molecular weight is 499 g/mol. The quantitative estimate of drug-likeness (QED) is 0.307. The van der Waals surface area contributed by atoms with Crippen molar-refractivity contribution in [2.75, 3.05) is 31.1 Å². The molecule has 1 atom stereocenters. The number of benzene rings is 1. The zero-order valence-electron chi connectivity index (χ0n) is 16.8. The van der Waals surface area contributed by atoms with E-state index >= 15 is 0 Å². The summed E-state index contributed by atoms with van der Waals surface area (Å²) in [6.45, 7) is 5.41. The van der Waals surface area contributed by atoms with Gasteiger partial charge in [-0.25, -0.2) is 0 Å². The second-order valence-electron chi connectivity index (χ2n) is 7.47. The zero-order valence-corrected chi connectivity index (χ0v) is 19.2. The number of carbonyl (C=O) groups excluding carboxylic acids is 1. The summed E-state index contributed by atoms with van der Waals surface area (Å²) in [6.07, 6.45) is 6.25. The number of hydrogen-bond donors (Lipinski definition) is 3. The van der Waals surface area contributed by atoms with Gasteiger partial charge in [0.05, 0.1) is 6.54 Å². The molecule has 1 saturated heterocycles. The molecule has 2 aliphatic rings. The Balaban J connectivity index is 0.00000280. The molecule has 1 heterocycles. The molecule has 1 amide bonds.